The number of benzene rings is 1. The molecule has 2 heteroatoms. The van der Waals surface area contributed by atoms with Gasteiger partial charge in [-0.1, -0.05) is 12.1 Å². The fourth-order valence-electron chi connectivity index (χ4n) is 1.93. The van der Waals surface area contributed by atoms with Crippen LogP contribution in [0.25, 0.3) is 10.9 Å². The molecule has 0 aliphatic rings. The summed E-state index contributed by atoms with van der Waals surface area (Å²) in [5.74, 6) is 0.807. The number of aryl methyl sites for hydroxylation is 2. The van der Waals surface area contributed by atoms with E-state index in [-0.39, 0.29) is 0 Å². The van der Waals surface area contributed by atoms with E-state index in [1.165, 1.54) is 22.2 Å². The molecule has 1 aromatic carbocycles. The summed E-state index contributed by atoms with van der Waals surface area (Å²) >= 11 is 4.35. The second kappa shape index (κ2) is 3.70. The molecule has 0 aliphatic carbocycles. The minimum atomic E-state index is 0.807. The Morgan fingerprint density at radius 3 is 2.71 bits per heavy atom. The highest BCUT2D eigenvalue weighted by atomic mass is 32.1. The van der Waals surface area contributed by atoms with Gasteiger partial charge in [-0.25, -0.2) is 0 Å². The van der Waals surface area contributed by atoms with Crippen LogP contribution in [0.2, 0.25) is 0 Å². The first kappa shape index (κ1) is 9.66. The molecule has 0 spiro atoms. The minimum Gasteiger partial charge on any atom is -0.344 e. The van der Waals surface area contributed by atoms with E-state index in [4.69, 9.17) is 0 Å². The van der Waals surface area contributed by atoms with E-state index in [1.807, 2.05) is 0 Å². The molecule has 2 rings (SSSR count). The molecule has 0 atom stereocenters. The van der Waals surface area contributed by atoms with Crippen molar-refractivity contribution >= 4 is 23.5 Å². The van der Waals surface area contributed by atoms with Crippen molar-refractivity contribution in [2.24, 2.45) is 0 Å². The van der Waals surface area contributed by atoms with Crippen LogP contribution in [0.3, 0.4) is 0 Å². The molecule has 0 saturated carbocycles. The predicted molar refractivity (Wildman–Crippen MR) is 65.0 cm³/mol. The number of nitrogens with zero attached hydrogens (tertiary/aromatic N) is 1. The number of aromatic nitrogens is 1. The molecule has 0 aliphatic heterocycles. The second-order valence-corrected chi connectivity index (χ2v) is 3.92. The molecule has 0 unspecified atom stereocenters. The summed E-state index contributed by atoms with van der Waals surface area (Å²) in [6, 6.07) is 8.81. The van der Waals surface area contributed by atoms with Crippen LogP contribution < -0.4 is 0 Å². The first-order chi connectivity index (χ1) is 6.76. The summed E-state index contributed by atoms with van der Waals surface area (Å²) < 4.78 is 2.33. The topological polar surface area (TPSA) is 4.93 Å². The highest BCUT2D eigenvalue weighted by Gasteiger charge is 2.05. The molecule has 0 radical (unpaired) electrons. The smallest absolute Gasteiger partial charge is 0.0485 e. The van der Waals surface area contributed by atoms with E-state index in [1.54, 1.807) is 0 Å². The van der Waals surface area contributed by atoms with Gasteiger partial charge >= 0.3 is 0 Å². The van der Waals surface area contributed by atoms with Gasteiger partial charge in [0.1, 0.15) is 0 Å². The average molecular weight is 205 g/mol. The Bertz CT molecular complexity index is 457. The molecule has 1 nitrogen and oxygen atoms in total. The Morgan fingerprint density at radius 2 is 2.07 bits per heavy atom. The summed E-state index contributed by atoms with van der Waals surface area (Å²) in [4.78, 5) is 0. The third-order valence-corrected chi connectivity index (χ3v) is 2.95. The summed E-state index contributed by atoms with van der Waals surface area (Å²) in [5, 5.41) is 1.32. The van der Waals surface area contributed by atoms with Gasteiger partial charge in [-0.15, -0.1) is 0 Å². The van der Waals surface area contributed by atoms with E-state index < -0.39 is 0 Å². The maximum atomic E-state index is 4.35. The normalized spacial score (nSPS) is 11.1. The zero-order chi connectivity index (χ0) is 10.1. The first-order valence-corrected chi connectivity index (χ1v) is 5.59. The molecule has 0 amide bonds. The largest absolute Gasteiger partial charge is 0.344 e. The number of hydrogen-bond acceptors (Lipinski definition) is 1. The molecule has 0 bridgehead atoms. The Hall–Kier alpha value is -0.890. The van der Waals surface area contributed by atoms with Gasteiger partial charge in [0.15, 0.2) is 0 Å². The highest BCUT2D eigenvalue weighted by molar-refractivity contribution is 7.79. The van der Waals surface area contributed by atoms with E-state index in [0.717, 1.165) is 12.3 Å². The molecule has 1 aromatic heterocycles. The van der Waals surface area contributed by atoms with Crippen molar-refractivity contribution in [3.8, 4) is 0 Å². The van der Waals surface area contributed by atoms with Crippen molar-refractivity contribution in [2.45, 2.75) is 26.1 Å². The standard InChI is InChI=1S/C12H15NS/c1-3-13-11(8-14)7-10-5-4-9(2)6-12(10)13/h4-7,14H,3,8H2,1-2H3. The maximum absolute atomic E-state index is 4.35. The molecule has 14 heavy (non-hydrogen) atoms. The van der Waals surface area contributed by atoms with E-state index in [2.05, 4.69) is 55.3 Å². The van der Waals surface area contributed by atoms with Gasteiger partial charge in [0, 0.05) is 23.5 Å². The number of thiol groups is 1. The quantitative estimate of drug-likeness (QED) is 0.717. The average Bonchev–Trinajstić information content (AvgIpc) is 2.54. The van der Waals surface area contributed by atoms with Gasteiger partial charge in [-0.3, -0.25) is 0 Å². The molecule has 0 fully saturated rings. The monoisotopic (exact) mass is 205 g/mol. The van der Waals surface area contributed by atoms with Gasteiger partial charge in [0.2, 0.25) is 0 Å². The summed E-state index contributed by atoms with van der Waals surface area (Å²) in [7, 11) is 0. The summed E-state index contributed by atoms with van der Waals surface area (Å²) in [6.45, 7) is 5.32. The van der Waals surface area contributed by atoms with Crippen LogP contribution in [0.4, 0.5) is 0 Å². The van der Waals surface area contributed by atoms with Crippen LogP contribution in [-0.4, -0.2) is 4.57 Å². The van der Waals surface area contributed by atoms with E-state index in [9.17, 15) is 0 Å². The SMILES string of the molecule is CCn1c(CS)cc2ccc(C)cc21. The Kier molecular flexibility index (Phi) is 2.55. The molecule has 2 aromatic rings. The second-order valence-electron chi connectivity index (χ2n) is 3.60. The van der Waals surface area contributed by atoms with Crippen molar-refractivity contribution in [1.29, 1.82) is 0 Å². The molecule has 74 valence electrons. The minimum absolute atomic E-state index is 0.807. The van der Waals surface area contributed by atoms with Crippen LogP contribution in [0.15, 0.2) is 24.3 Å². The van der Waals surface area contributed by atoms with Crippen LogP contribution >= 0.6 is 12.6 Å². The zero-order valence-corrected chi connectivity index (χ0v) is 9.51. The third kappa shape index (κ3) is 1.44. The van der Waals surface area contributed by atoms with Crippen molar-refractivity contribution in [2.75, 3.05) is 0 Å². The Balaban J connectivity index is 2.74. The lowest BCUT2D eigenvalue weighted by Gasteiger charge is -2.05. The molecule has 0 saturated heterocycles. The van der Waals surface area contributed by atoms with Crippen LogP contribution in [-0.2, 0) is 12.3 Å². The predicted octanol–water partition coefficient (Wildman–Crippen LogP) is 3.40. The van der Waals surface area contributed by atoms with Crippen molar-refractivity contribution in [3.63, 3.8) is 0 Å². The number of fused-ring (bicyclic) bond motifs is 1. The number of hydrogen-bond donors (Lipinski definition) is 1. The zero-order valence-electron chi connectivity index (χ0n) is 8.62. The van der Waals surface area contributed by atoms with Crippen LogP contribution in [0.5, 0.6) is 0 Å². The van der Waals surface area contributed by atoms with Gasteiger partial charge in [0.25, 0.3) is 0 Å². The number of rotatable bonds is 2. The molecular formula is C12H15NS. The van der Waals surface area contributed by atoms with Crippen LogP contribution in [0.1, 0.15) is 18.2 Å². The lowest BCUT2D eigenvalue weighted by molar-refractivity contribution is 0.766. The van der Waals surface area contributed by atoms with Gasteiger partial charge in [-0.05, 0) is 36.9 Å². The fraction of sp³-hybridized carbons (Fsp3) is 0.333. The van der Waals surface area contributed by atoms with Crippen molar-refractivity contribution in [3.05, 3.63) is 35.5 Å². The third-order valence-electron chi connectivity index (χ3n) is 2.62. The van der Waals surface area contributed by atoms with Crippen molar-refractivity contribution in [1.82, 2.24) is 4.57 Å². The molecular weight excluding hydrogens is 190 g/mol. The lowest BCUT2D eigenvalue weighted by Crippen LogP contribution is -1.97. The lowest BCUT2D eigenvalue weighted by atomic mass is 10.2. The Labute approximate surface area is 90.1 Å². The molecule has 0 N–H and O–H groups in total. The van der Waals surface area contributed by atoms with Crippen molar-refractivity contribution < 1.29 is 0 Å². The van der Waals surface area contributed by atoms with E-state index in [0.29, 0.717) is 0 Å². The maximum Gasteiger partial charge on any atom is 0.0485 e. The van der Waals surface area contributed by atoms with Gasteiger partial charge in [0.05, 0.1) is 0 Å². The van der Waals surface area contributed by atoms with E-state index >= 15 is 0 Å². The van der Waals surface area contributed by atoms with Gasteiger partial charge < -0.3 is 4.57 Å². The first-order valence-electron chi connectivity index (χ1n) is 4.96. The highest BCUT2D eigenvalue weighted by Crippen LogP contribution is 2.22. The molecule has 1 heterocycles. The Morgan fingerprint density at radius 1 is 1.29 bits per heavy atom. The van der Waals surface area contributed by atoms with Crippen LogP contribution in [0, 0.1) is 6.92 Å². The summed E-state index contributed by atoms with van der Waals surface area (Å²) in [5.41, 5.74) is 3.95. The fourth-order valence-corrected chi connectivity index (χ4v) is 2.19. The van der Waals surface area contributed by atoms with Gasteiger partial charge in [-0.2, -0.15) is 12.6 Å². The summed E-state index contributed by atoms with van der Waals surface area (Å²) in [6.07, 6.45) is 0.